The summed E-state index contributed by atoms with van der Waals surface area (Å²) in [5.41, 5.74) is 0. The molecule has 1 aliphatic rings. The smallest absolute Gasteiger partial charge is 0.328 e. The van der Waals surface area contributed by atoms with Crippen LogP contribution >= 0.6 is 0 Å². The molecule has 9 nitrogen and oxygen atoms in total. The summed E-state index contributed by atoms with van der Waals surface area (Å²) in [4.78, 5) is 29.6. The van der Waals surface area contributed by atoms with Crippen LogP contribution in [0.4, 0.5) is 0 Å². The number of carbonyl (C=O) groups excluding carboxylic acids is 2. The van der Waals surface area contributed by atoms with Crippen LogP contribution in [0.5, 0.6) is 0 Å². The van der Waals surface area contributed by atoms with Gasteiger partial charge in [-0.05, 0) is 18.6 Å². The number of aliphatic hydroxyl groups is 1. The zero-order chi connectivity index (χ0) is 17.8. The molecule has 1 N–H and O–H groups in total. The first-order chi connectivity index (χ1) is 12.1. The van der Waals surface area contributed by atoms with Crippen molar-refractivity contribution in [3.63, 3.8) is 0 Å². The molecular formula is C16H19N3O6. The number of esters is 1. The predicted molar refractivity (Wildman–Crippen MR) is 83.1 cm³/mol. The molecule has 2 aromatic heterocycles. The van der Waals surface area contributed by atoms with Gasteiger partial charge in [-0.3, -0.25) is 4.79 Å². The van der Waals surface area contributed by atoms with Crippen LogP contribution in [0.2, 0.25) is 0 Å². The molecular weight excluding hydrogens is 330 g/mol. The second-order valence-corrected chi connectivity index (χ2v) is 5.82. The SMILES string of the molecule is COC(=O)[C@@H]1C[C@@H](O)CN1C(=O)CCCc1nc(-c2ccco2)no1. The van der Waals surface area contributed by atoms with Crippen LogP contribution in [-0.2, 0) is 20.7 Å². The number of β-amino-alcohol motifs (C(OH)–C–C–N with tert-alkyl or cyclic N) is 1. The summed E-state index contributed by atoms with van der Waals surface area (Å²) in [6.45, 7) is 0.141. The lowest BCUT2D eigenvalue weighted by Gasteiger charge is -2.22. The summed E-state index contributed by atoms with van der Waals surface area (Å²) in [7, 11) is 1.27. The van der Waals surface area contributed by atoms with Crippen LogP contribution in [0.25, 0.3) is 11.6 Å². The van der Waals surface area contributed by atoms with Gasteiger partial charge < -0.3 is 23.7 Å². The molecule has 0 aromatic carbocycles. The van der Waals surface area contributed by atoms with Gasteiger partial charge in [0.25, 0.3) is 0 Å². The Morgan fingerprint density at radius 1 is 1.48 bits per heavy atom. The van der Waals surface area contributed by atoms with Gasteiger partial charge in [-0.25, -0.2) is 4.79 Å². The number of nitrogens with zero attached hydrogens (tertiary/aromatic N) is 3. The van der Waals surface area contributed by atoms with Gasteiger partial charge in [0.15, 0.2) is 5.76 Å². The highest BCUT2D eigenvalue weighted by molar-refractivity contribution is 5.85. The monoisotopic (exact) mass is 349 g/mol. The second-order valence-electron chi connectivity index (χ2n) is 5.82. The van der Waals surface area contributed by atoms with Gasteiger partial charge in [0.1, 0.15) is 6.04 Å². The second kappa shape index (κ2) is 7.47. The predicted octanol–water partition coefficient (Wildman–Crippen LogP) is 0.787. The van der Waals surface area contributed by atoms with Crippen LogP contribution in [0, 0.1) is 0 Å². The van der Waals surface area contributed by atoms with Crippen molar-refractivity contribution >= 4 is 11.9 Å². The van der Waals surface area contributed by atoms with E-state index in [1.165, 1.54) is 18.3 Å². The Labute approximate surface area is 143 Å². The summed E-state index contributed by atoms with van der Waals surface area (Å²) >= 11 is 0. The Balaban J connectivity index is 1.51. The topological polar surface area (TPSA) is 119 Å². The first-order valence-corrected chi connectivity index (χ1v) is 8.00. The number of ether oxygens (including phenoxy) is 1. The number of hydrogen-bond acceptors (Lipinski definition) is 8. The van der Waals surface area contributed by atoms with Gasteiger partial charge in [-0.2, -0.15) is 4.98 Å². The number of likely N-dealkylation sites (tertiary alicyclic amines) is 1. The van der Waals surface area contributed by atoms with E-state index in [9.17, 15) is 14.7 Å². The third kappa shape index (κ3) is 3.87. The standard InChI is InChI=1S/C16H19N3O6/c1-23-16(22)11-8-10(20)9-19(11)14(21)6-2-5-13-17-15(18-25-13)12-4-3-7-24-12/h3-4,7,10-11,20H,2,5-6,8-9H2,1H3/t10-,11+/m1/s1. The van der Waals surface area contributed by atoms with Gasteiger partial charge in [0, 0.05) is 25.8 Å². The van der Waals surface area contributed by atoms with Gasteiger partial charge in [0.2, 0.25) is 17.6 Å². The molecule has 134 valence electrons. The Kier molecular flexibility index (Phi) is 5.13. The molecule has 1 amide bonds. The number of methoxy groups -OCH3 is 1. The highest BCUT2D eigenvalue weighted by Crippen LogP contribution is 2.21. The van der Waals surface area contributed by atoms with E-state index in [1.807, 2.05) is 0 Å². The lowest BCUT2D eigenvalue weighted by Crippen LogP contribution is -2.41. The minimum absolute atomic E-state index is 0.141. The lowest BCUT2D eigenvalue weighted by atomic mass is 10.2. The van der Waals surface area contributed by atoms with Crippen LogP contribution in [0.3, 0.4) is 0 Å². The fraction of sp³-hybridized carbons (Fsp3) is 0.500. The molecule has 3 heterocycles. The number of rotatable bonds is 6. The summed E-state index contributed by atoms with van der Waals surface area (Å²) in [5.74, 6) is 0.561. The summed E-state index contributed by atoms with van der Waals surface area (Å²) in [6.07, 6.45) is 2.14. The molecule has 3 rings (SSSR count). The van der Waals surface area contributed by atoms with Crippen molar-refractivity contribution in [2.45, 2.75) is 37.8 Å². The third-order valence-corrected chi connectivity index (χ3v) is 4.06. The maximum atomic E-state index is 12.3. The van der Waals surface area contributed by atoms with E-state index in [2.05, 4.69) is 14.9 Å². The number of hydrogen-bond donors (Lipinski definition) is 1. The van der Waals surface area contributed by atoms with E-state index < -0.39 is 18.1 Å². The fourth-order valence-corrected chi connectivity index (χ4v) is 2.85. The highest BCUT2D eigenvalue weighted by Gasteiger charge is 2.39. The molecule has 0 saturated carbocycles. The van der Waals surface area contributed by atoms with Crippen LogP contribution < -0.4 is 0 Å². The minimum Gasteiger partial charge on any atom is -0.467 e. The largest absolute Gasteiger partial charge is 0.467 e. The number of amides is 1. The zero-order valence-electron chi connectivity index (χ0n) is 13.8. The van der Waals surface area contributed by atoms with Crippen molar-refractivity contribution in [3.05, 3.63) is 24.3 Å². The summed E-state index contributed by atoms with van der Waals surface area (Å²) < 4.78 is 15.0. The van der Waals surface area contributed by atoms with Gasteiger partial charge in [0.05, 0.1) is 19.5 Å². The van der Waals surface area contributed by atoms with Crippen LogP contribution in [0.15, 0.2) is 27.3 Å². The quantitative estimate of drug-likeness (QED) is 0.760. The van der Waals surface area contributed by atoms with Gasteiger partial charge in [-0.15, -0.1) is 0 Å². The van der Waals surface area contributed by atoms with Gasteiger partial charge >= 0.3 is 5.97 Å². The number of carbonyl (C=O) groups is 2. The molecule has 1 aliphatic heterocycles. The van der Waals surface area contributed by atoms with Crippen molar-refractivity contribution in [3.8, 4) is 11.6 Å². The average Bonchev–Trinajstić information content (AvgIpc) is 3.33. The Hall–Kier alpha value is -2.68. The normalized spacial score (nSPS) is 20.0. The molecule has 0 radical (unpaired) electrons. The molecule has 0 unspecified atom stereocenters. The minimum atomic E-state index is -0.721. The number of aromatic nitrogens is 2. The fourth-order valence-electron chi connectivity index (χ4n) is 2.85. The zero-order valence-corrected chi connectivity index (χ0v) is 13.8. The van der Waals surface area contributed by atoms with E-state index >= 15 is 0 Å². The van der Waals surface area contributed by atoms with E-state index in [0.717, 1.165) is 0 Å². The lowest BCUT2D eigenvalue weighted by molar-refractivity contribution is -0.151. The number of aliphatic hydroxyl groups excluding tert-OH is 1. The van der Waals surface area contributed by atoms with E-state index in [-0.39, 0.29) is 25.3 Å². The molecule has 0 spiro atoms. The molecule has 2 aromatic rings. The third-order valence-electron chi connectivity index (χ3n) is 4.06. The molecule has 9 heteroatoms. The maximum absolute atomic E-state index is 12.3. The first-order valence-electron chi connectivity index (χ1n) is 8.00. The average molecular weight is 349 g/mol. The maximum Gasteiger partial charge on any atom is 0.328 e. The molecule has 1 saturated heterocycles. The molecule has 1 fully saturated rings. The van der Waals surface area contributed by atoms with Crippen LogP contribution in [-0.4, -0.2) is 57.8 Å². The Bertz CT molecular complexity index is 726. The van der Waals surface area contributed by atoms with Crippen molar-refractivity contribution in [2.24, 2.45) is 0 Å². The molecule has 2 atom stereocenters. The van der Waals surface area contributed by atoms with Gasteiger partial charge in [-0.1, -0.05) is 5.16 Å². The number of aryl methyl sites for hydroxylation is 1. The molecule has 25 heavy (non-hydrogen) atoms. The van der Waals surface area contributed by atoms with Crippen molar-refractivity contribution in [1.29, 1.82) is 0 Å². The Morgan fingerprint density at radius 2 is 2.32 bits per heavy atom. The van der Waals surface area contributed by atoms with Crippen molar-refractivity contribution in [2.75, 3.05) is 13.7 Å². The number of furan rings is 1. The van der Waals surface area contributed by atoms with Crippen molar-refractivity contribution < 1.29 is 28.4 Å². The highest BCUT2D eigenvalue weighted by atomic mass is 16.5. The summed E-state index contributed by atoms with van der Waals surface area (Å²) in [6, 6.07) is 2.73. The van der Waals surface area contributed by atoms with Crippen LogP contribution in [0.1, 0.15) is 25.2 Å². The Morgan fingerprint density at radius 3 is 3.04 bits per heavy atom. The first kappa shape index (κ1) is 17.2. The molecule has 0 bridgehead atoms. The van der Waals surface area contributed by atoms with Crippen molar-refractivity contribution in [1.82, 2.24) is 15.0 Å². The molecule has 0 aliphatic carbocycles. The summed E-state index contributed by atoms with van der Waals surface area (Å²) in [5, 5.41) is 13.5. The van der Waals surface area contributed by atoms with E-state index in [0.29, 0.717) is 30.3 Å². The van der Waals surface area contributed by atoms with E-state index in [1.54, 1.807) is 12.1 Å². The van der Waals surface area contributed by atoms with E-state index in [4.69, 9.17) is 8.94 Å².